The largest absolute Gasteiger partial charge is 0.426 e. The van der Waals surface area contributed by atoms with Crippen LogP contribution in [0.1, 0.15) is 57.0 Å². The number of rotatable bonds is 10. The summed E-state index contributed by atoms with van der Waals surface area (Å²) in [5.74, 6) is 0.309. The zero-order chi connectivity index (χ0) is 20.5. The van der Waals surface area contributed by atoms with Crippen molar-refractivity contribution >= 4 is 17.3 Å². The van der Waals surface area contributed by atoms with Crippen LogP contribution in [-0.2, 0) is 24.1 Å². The van der Waals surface area contributed by atoms with Gasteiger partial charge in [-0.25, -0.2) is 0 Å². The van der Waals surface area contributed by atoms with Gasteiger partial charge in [-0.2, -0.15) is 0 Å². The Labute approximate surface area is 190 Å². The fourth-order valence-electron chi connectivity index (χ4n) is 3.99. The molecule has 1 aromatic heterocycles. The summed E-state index contributed by atoms with van der Waals surface area (Å²) in [4.78, 5) is 18.8. The highest BCUT2D eigenvalue weighted by molar-refractivity contribution is 7.09. The molecule has 1 atom stereocenters. The van der Waals surface area contributed by atoms with Crippen LogP contribution in [0.2, 0.25) is 0 Å². The lowest BCUT2D eigenvalue weighted by Crippen LogP contribution is -2.41. The van der Waals surface area contributed by atoms with Gasteiger partial charge in [-0.05, 0) is 72.8 Å². The van der Waals surface area contributed by atoms with Gasteiger partial charge in [0.1, 0.15) is 5.75 Å². The van der Waals surface area contributed by atoms with E-state index in [4.69, 9.17) is 10.3 Å². The van der Waals surface area contributed by atoms with Crippen molar-refractivity contribution in [3.8, 4) is 5.75 Å². The smallest absolute Gasteiger partial charge is 0.311 e. The first-order valence-corrected chi connectivity index (χ1v) is 11.2. The van der Waals surface area contributed by atoms with Crippen LogP contribution in [0.4, 0.5) is 0 Å². The van der Waals surface area contributed by atoms with Gasteiger partial charge < -0.3 is 4.74 Å². The Morgan fingerprint density at radius 2 is 2.13 bits per heavy atom. The monoisotopic (exact) mass is 444 g/mol. The predicted octanol–water partition coefficient (Wildman–Crippen LogP) is 6.44. The standard InChI is InChI=1S/C22H28N4O2S.2CH4/c1-2-13-26(14-11-19-6-4-15-29-19)18-8-9-20-17(16-18)5-3-7-21(20)28-22(27)10-12-24-25-23;;/h3-7,15,18H,2,8-14,16H2,1H3;2*1H4/t18-;;/m0../s1. The molecule has 0 saturated heterocycles. The number of hydrogen-bond donors (Lipinski definition) is 0. The molecular weight excluding hydrogens is 408 g/mol. The maximum Gasteiger partial charge on any atom is 0.311 e. The van der Waals surface area contributed by atoms with Crippen molar-refractivity contribution in [2.24, 2.45) is 5.11 Å². The number of carbonyl (C=O) groups excluding carboxylic acids is 1. The molecule has 2 aromatic rings. The Kier molecular flexibility index (Phi) is 11.9. The number of hydrogen-bond acceptors (Lipinski definition) is 5. The molecule has 0 spiro atoms. The van der Waals surface area contributed by atoms with E-state index in [-0.39, 0.29) is 33.8 Å². The van der Waals surface area contributed by atoms with Gasteiger partial charge in [0.2, 0.25) is 0 Å². The minimum atomic E-state index is -0.350. The van der Waals surface area contributed by atoms with E-state index < -0.39 is 0 Å². The van der Waals surface area contributed by atoms with Gasteiger partial charge in [0, 0.05) is 28.9 Å². The van der Waals surface area contributed by atoms with E-state index in [0.717, 1.165) is 50.8 Å². The number of fused-ring (bicyclic) bond motifs is 1. The summed E-state index contributed by atoms with van der Waals surface area (Å²) < 4.78 is 5.56. The van der Waals surface area contributed by atoms with Crippen molar-refractivity contribution in [3.63, 3.8) is 0 Å². The lowest BCUT2D eigenvalue weighted by molar-refractivity contribution is -0.134. The molecule has 6 nitrogen and oxygen atoms in total. The first-order valence-electron chi connectivity index (χ1n) is 10.3. The van der Waals surface area contributed by atoms with Gasteiger partial charge in [0.15, 0.2) is 0 Å². The average Bonchev–Trinajstić information content (AvgIpc) is 3.25. The number of benzene rings is 1. The summed E-state index contributed by atoms with van der Waals surface area (Å²) in [5, 5.41) is 5.54. The number of nitrogens with zero attached hydrogens (tertiary/aromatic N) is 4. The molecule has 1 aliphatic carbocycles. The normalized spacial score (nSPS) is 14.6. The Morgan fingerprint density at radius 3 is 2.84 bits per heavy atom. The number of esters is 1. The van der Waals surface area contributed by atoms with Crippen molar-refractivity contribution in [1.82, 2.24) is 4.90 Å². The number of thiophene rings is 1. The third-order valence-electron chi connectivity index (χ3n) is 5.37. The number of carbonyl (C=O) groups is 1. The van der Waals surface area contributed by atoms with Crippen LogP contribution in [0, 0.1) is 0 Å². The second-order valence-electron chi connectivity index (χ2n) is 7.33. The van der Waals surface area contributed by atoms with Gasteiger partial charge in [0.25, 0.3) is 0 Å². The third kappa shape index (κ3) is 7.69. The Hall–Kier alpha value is -2.34. The first-order chi connectivity index (χ1) is 14.2. The molecule has 1 aliphatic rings. The summed E-state index contributed by atoms with van der Waals surface area (Å²) in [6.07, 6.45) is 5.33. The summed E-state index contributed by atoms with van der Waals surface area (Å²) >= 11 is 1.83. The van der Waals surface area contributed by atoms with Gasteiger partial charge in [-0.1, -0.05) is 45.1 Å². The van der Waals surface area contributed by atoms with Crippen molar-refractivity contribution < 1.29 is 9.53 Å². The predicted molar refractivity (Wildman–Crippen MR) is 130 cm³/mol. The molecule has 7 heteroatoms. The van der Waals surface area contributed by atoms with Crippen molar-refractivity contribution in [2.75, 3.05) is 19.6 Å². The van der Waals surface area contributed by atoms with Crippen LogP contribution in [-0.4, -0.2) is 36.5 Å². The Balaban J connectivity index is 0.00000240. The molecule has 0 radical (unpaired) electrons. The highest BCUT2D eigenvalue weighted by Gasteiger charge is 2.26. The van der Waals surface area contributed by atoms with Gasteiger partial charge >= 0.3 is 5.97 Å². The highest BCUT2D eigenvalue weighted by atomic mass is 32.1. The minimum absolute atomic E-state index is 0. The van der Waals surface area contributed by atoms with Gasteiger partial charge in [-0.15, -0.1) is 11.3 Å². The van der Waals surface area contributed by atoms with Crippen LogP contribution >= 0.6 is 11.3 Å². The molecule has 0 bridgehead atoms. The lowest BCUT2D eigenvalue weighted by Gasteiger charge is -2.35. The van der Waals surface area contributed by atoms with E-state index in [1.807, 2.05) is 23.5 Å². The van der Waals surface area contributed by atoms with Gasteiger partial charge in [-0.3, -0.25) is 9.69 Å². The highest BCUT2D eigenvalue weighted by Crippen LogP contribution is 2.32. The molecule has 170 valence electrons. The molecule has 0 N–H and O–H groups in total. The van der Waals surface area contributed by atoms with Crippen LogP contribution in [0.5, 0.6) is 5.75 Å². The van der Waals surface area contributed by atoms with E-state index >= 15 is 0 Å². The fourth-order valence-corrected chi connectivity index (χ4v) is 4.69. The quantitative estimate of drug-likeness (QED) is 0.139. The van der Waals surface area contributed by atoms with Gasteiger partial charge in [0.05, 0.1) is 6.42 Å². The van der Waals surface area contributed by atoms with Crippen LogP contribution in [0.3, 0.4) is 0 Å². The zero-order valence-corrected chi connectivity index (χ0v) is 17.7. The van der Waals surface area contributed by atoms with E-state index in [2.05, 4.69) is 45.4 Å². The van der Waals surface area contributed by atoms with E-state index in [9.17, 15) is 4.79 Å². The molecular formula is C24H36N4O2S. The minimum Gasteiger partial charge on any atom is -0.426 e. The summed E-state index contributed by atoms with van der Waals surface area (Å²) in [5.41, 5.74) is 10.8. The van der Waals surface area contributed by atoms with E-state index in [0.29, 0.717) is 11.8 Å². The Morgan fingerprint density at radius 1 is 1.29 bits per heavy atom. The molecule has 3 rings (SSSR count). The average molecular weight is 445 g/mol. The van der Waals surface area contributed by atoms with Crippen LogP contribution < -0.4 is 4.74 Å². The maximum atomic E-state index is 12.0. The van der Waals surface area contributed by atoms with Crippen molar-refractivity contribution in [1.29, 1.82) is 0 Å². The topological polar surface area (TPSA) is 78.3 Å². The molecule has 0 aliphatic heterocycles. The summed E-state index contributed by atoms with van der Waals surface area (Å²) in [6.45, 7) is 4.56. The SMILES string of the molecule is C.C.CCCN(CCc1cccs1)[C@H]1CCc2c(cccc2OC(=O)CCN=[N+]=[N-])C1. The molecule has 0 saturated carbocycles. The third-order valence-corrected chi connectivity index (χ3v) is 6.31. The molecule has 0 amide bonds. The van der Waals surface area contributed by atoms with Crippen LogP contribution in [0.15, 0.2) is 40.8 Å². The Bertz CT molecular complexity index is 847. The van der Waals surface area contributed by atoms with E-state index in [1.54, 1.807) is 0 Å². The number of azide groups is 1. The lowest BCUT2D eigenvalue weighted by atomic mass is 9.86. The summed E-state index contributed by atoms with van der Waals surface area (Å²) in [7, 11) is 0. The molecule has 1 aromatic carbocycles. The maximum absolute atomic E-state index is 12.0. The molecule has 31 heavy (non-hydrogen) atoms. The first kappa shape index (κ1) is 26.7. The fraction of sp³-hybridized carbons (Fsp3) is 0.542. The summed E-state index contributed by atoms with van der Waals surface area (Å²) in [6, 6.07) is 10.9. The second kappa shape index (κ2) is 13.9. The molecule has 0 fully saturated rings. The van der Waals surface area contributed by atoms with Crippen molar-refractivity contribution in [2.45, 2.75) is 66.3 Å². The molecule has 1 heterocycles. The van der Waals surface area contributed by atoms with E-state index in [1.165, 1.54) is 10.4 Å². The molecule has 0 unspecified atom stereocenters. The van der Waals surface area contributed by atoms with Crippen LogP contribution in [0.25, 0.3) is 10.4 Å². The second-order valence-corrected chi connectivity index (χ2v) is 8.37. The number of ether oxygens (including phenoxy) is 1. The van der Waals surface area contributed by atoms with Crippen molar-refractivity contribution in [3.05, 3.63) is 62.2 Å². The zero-order valence-electron chi connectivity index (χ0n) is 16.9.